The zero-order valence-corrected chi connectivity index (χ0v) is 13.3. The molecule has 0 radical (unpaired) electrons. The molecule has 2 unspecified atom stereocenters. The van der Waals surface area contributed by atoms with Crippen LogP contribution < -0.4 is 5.32 Å². The molecule has 0 spiro atoms. The molecule has 0 aromatic heterocycles. The lowest BCUT2D eigenvalue weighted by Crippen LogP contribution is -2.57. The van der Waals surface area contributed by atoms with E-state index < -0.39 is 0 Å². The number of piperidine rings is 3. The summed E-state index contributed by atoms with van der Waals surface area (Å²) in [5, 5.41) is 4.98. The largest absolute Gasteiger partial charge is 0.361 e. The molecule has 0 amide bonds. The van der Waals surface area contributed by atoms with Crippen molar-refractivity contribution in [1.29, 1.82) is 0 Å². The van der Waals surface area contributed by atoms with E-state index in [0.29, 0.717) is 17.5 Å². The lowest BCUT2D eigenvalue weighted by molar-refractivity contribution is 0.0815. The minimum atomic E-state index is 0.295. The van der Waals surface area contributed by atoms with Crippen LogP contribution >= 0.6 is 11.8 Å². The summed E-state index contributed by atoms with van der Waals surface area (Å²) >= 11 is 1.92. The van der Waals surface area contributed by atoms with Crippen molar-refractivity contribution in [2.24, 2.45) is 16.3 Å². The first-order valence-electron chi connectivity index (χ1n) is 7.72. The van der Waals surface area contributed by atoms with Crippen molar-refractivity contribution in [3.8, 4) is 0 Å². The molecule has 108 valence electrons. The molecule has 0 aliphatic carbocycles. The molecule has 4 aliphatic rings. The van der Waals surface area contributed by atoms with E-state index in [-0.39, 0.29) is 0 Å². The second-order valence-electron chi connectivity index (χ2n) is 7.34. The van der Waals surface area contributed by atoms with Gasteiger partial charge in [-0.25, -0.2) is 0 Å². The molecule has 0 aromatic rings. The number of thioether (sulfide) groups is 1. The van der Waals surface area contributed by atoms with E-state index >= 15 is 0 Å². The Morgan fingerprint density at radius 1 is 1.21 bits per heavy atom. The van der Waals surface area contributed by atoms with Crippen LogP contribution in [0.1, 0.15) is 40.0 Å². The zero-order valence-electron chi connectivity index (χ0n) is 12.5. The topological polar surface area (TPSA) is 27.6 Å². The number of fused-ring (bicyclic) bond motifs is 3. The predicted octanol–water partition coefficient (Wildman–Crippen LogP) is 2.58. The molecule has 1 N–H and O–H groups in total. The first-order valence-corrected chi connectivity index (χ1v) is 8.70. The Balaban J connectivity index is 1.64. The quantitative estimate of drug-likeness (QED) is 0.800. The van der Waals surface area contributed by atoms with Gasteiger partial charge >= 0.3 is 0 Å². The van der Waals surface area contributed by atoms with E-state index in [4.69, 9.17) is 4.99 Å². The van der Waals surface area contributed by atoms with Crippen molar-refractivity contribution < 1.29 is 0 Å². The lowest BCUT2D eigenvalue weighted by atomic mass is 9.84. The average Bonchev–Trinajstić information content (AvgIpc) is 2.39. The highest BCUT2D eigenvalue weighted by molar-refractivity contribution is 8.13. The number of amidine groups is 1. The van der Waals surface area contributed by atoms with E-state index in [0.717, 1.165) is 5.92 Å². The fourth-order valence-corrected chi connectivity index (χ4v) is 4.47. The average molecular weight is 281 g/mol. The molecule has 0 aromatic carbocycles. The second-order valence-corrected chi connectivity index (χ2v) is 8.43. The van der Waals surface area contributed by atoms with Crippen LogP contribution in [-0.4, -0.2) is 47.5 Å². The summed E-state index contributed by atoms with van der Waals surface area (Å²) in [7, 11) is 0. The van der Waals surface area contributed by atoms with Crippen LogP contribution in [0.15, 0.2) is 4.99 Å². The minimum Gasteiger partial charge on any atom is -0.361 e. The van der Waals surface area contributed by atoms with Gasteiger partial charge in [-0.05, 0) is 43.7 Å². The maximum absolute atomic E-state index is 4.98. The molecule has 0 saturated carbocycles. The van der Waals surface area contributed by atoms with Gasteiger partial charge < -0.3 is 10.2 Å². The lowest BCUT2D eigenvalue weighted by Gasteiger charge is -2.45. The Hall–Kier alpha value is -0.220. The number of hydrogen-bond donors (Lipinski definition) is 1. The van der Waals surface area contributed by atoms with Gasteiger partial charge in [-0.15, -0.1) is 0 Å². The number of nitrogens with one attached hydrogen (secondary N) is 1. The number of nitrogens with zero attached hydrogens (tertiary/aromatic N) is 2. The summed E-state index contributed by atoms with van der Waals surface area (Å²) in [5.41, 5.74) is 0.295. The van der Waals surface area contributed by atoms with Crippen LogP contribution in [0, 0.1) is 11.3 Å². The Morgan fingerprint density at radius 2 is 1.95 bits per heavy atom. The highest BCUT2D eigenvalue weighted by atomic mass is 32.2. The van der Waals surface area contributed by atoms with Crippen LogP contribution in [0.25, 0.3) is 0 Å². The zero-order chi connectivity index (χ0) is 13.5. The maximum atomic E-state index is 4.98. The number of hydrogen-bond acceptors (Lipinski definition) is 4. The van der Waals surface area contributed by atoms with Crippen LogP contribution in [0.4, 0.5) is 0 Å². The molecule has 4 rings (SSSR count). The van der Waals surface area contributed by atoms with Crippen molar-refractivity contribution in [3.05, 3.63) is 0 Å². The van der Waals surface area contributed by atoms with Crippen LogP contribution in [0.5, 0.6) is 0 Å². The Morgan fingerprint density at radius 3 is 2.53 bits per heavy atom. The SMILES string of the molecule is CC(C)(C)C1CCSC(NC2CN3CCC2CC3)=N1. The molecule has 3 nitrogen and oxygen atoms in total. The molecule has 4 heterocycles. The summed E-state index contributed by atoms with van der Waals surface area (Å²) < 4.78 is 0. The summed E-state index contributed by atoms with van der Waals surface area (Å²) in [6, 6.07) is 1.13. The minimum absolute atomic E-state index is 0.295. The third-order valence-corrected chi connectivity index (χ3v) is 5.80. The molecule has 2 atom stereocenters. The van der Waals surface area contributed by atoms with Crippen molar-refractivity contribution in [1.82, 2.24) is 10.2 Å². The molecule has 3 fully saturated rings. The van der Waals surface area contributed by atoms with Gasteiger partial charge in [0.25, 0.3) is 0 Å². The van der Waals surface area contributed by atoms with Crippen molar-refractivity contribution in [2.45, 2.75) is 52.1 Å². The monoisotopic (exact) mass is 281 g/mol. The predicted molar refractivity (Wildman–Crippen MR) is 83.8 cm³/mol. The van der Waals surface area contributed by atoms with E-state index in [1.165, 1.54) is 49.8 Å². The van der Waals surface area contributed by atoms with Gasteiger partial charge in [0.05, 0.1) is 6.04 Å². The second kappa shape index (κ2) is 5.28. The van der Waals surface area contributed by atoms with Gasteiger partial charge in [0.1, 0.15) is 0 Å². The fourth-order valence-electron chi connectivity index (χ4n) is 3.50. The molecule has 4 heteroatoms. The number of rotatable bonds is 1. The molecule has 4 aliphatic heterocycles. The first kappa shape index (κ1) is 13.7. The Bertz CT molecular complexity index is 353. The van der Waals surface area contributed by atoms with Crippen LogP contribution in [0.3, 0.4) is 0 Å². The van der Waals surface area contributed by atoms with E-state index in [2.05, 4.69) is 31.0 Å². The van der Waals surface area contributed by atoms with Crippen molar-refractivity contribution in [2.75, 3.05) is 25.4 Å². The third kappa shape index (κ3) is 3.10. The van der Waals surface area contributed by atoms with E-state index in [1.807, 2.05) is 11.8 Å². The smallest absolute Gasteiger partial charge is 0.157 e. The van der Waals surface area contributed by atoms with Crippen LogP contribution in [0.2, 0.25) is 0 Å². The molecule has 3 saturated heterocycles. The van der Waals surface area contributed by atoms with Gasteiger partial charge in [0, 0.05) is 18.3 Å². The molecule has 2 bridgehead atoms. The summed E-state index contributed by atoms with van der Waals surface area (Å²) in [6.07, 6.45) is 3.97. The normalized spacial score (nSPS) is 39.0. The highest BCUT2D eigenvalue weighted by Crippen LogP contribution is 2.32. The standard InChI is InChI=1S/C15H27N3S/c1-15(2,3)13-6-9-19-14(17-13)16-12-10-18-7-4-11(12)5-8-18/h11-13H,4-10H2,1-3H3,(H,16,17). The summed E-state index contributed by atoms with van der Waals surface area (Å²) in [5.74, 6) is 2.10. The van der Waals surface area contributed by atoms with Gasteiger partial charge in [0.2, 0.25) is 0 Å². The van der Waals surface area contributed by atoms with Crippen molar-refractivity contribution in [3.63, 3.8) is 0 Å². The molecular formula is C15H27N3S. The van der Waals surface area contributed by atoms with Crippen LogP contribution in [-0.2, 0) is 0 Å². The molecule has 19 heavy (non-hydrogen) atoms. The third-order valence-electron chi connectivity index (χ3n) is 4.87. The fraction of sp³-hybridized carbons (Fsp3) is 0.933. The van der Waals surface area contributed by atoms with E-state index in [1.54, 1.807) is 0 Å². The first-order chi connectivity index (χ1) is 9.02. The Labute approximate surface area is 121 Å². The summed E-state index contributed by atoms with van der Waals surface area (Å²) in [6.45, 7) is 10.8. The van der Waals surface area contributed by atoms with Gasteiger partial charge in [-0.3, -0.25) is 4.99 Å². The maximum Gasteiger partial charge on any atom is 0.157 e. The van der Waals surface area contributed by atoms with Crippen molar-refractivity contribution >= 4 is 16.9 Å². The molecular weight excluding hydrogens is 254 g/mol. The summed E-state index contributed by atoms with van der Waals surface area (Å²) in [4.78, 5) is 7.58. The highest BCUT2D eigenvalue weighted by Gasteiger charge is 2.35. The van der Waals surface area contributed by atoms with Gasteiger partial charge in [-0.2, -0.15) is 0 Å². The van der Waals surface area contributed by atoms with Gasteiger partial charge in [0.15, 0.2) is 5.17 Å². The van der Waals surface area contributed by atoms with E-state index in [9.17, 15) is 0 Å². The number of aliphatic imine (C=N–C) groups is 1. The Kier molecular flexibility index (Phi) is 3.82. The van der Waals surface area contributed by atoms with Gasteiger partial charge in [-0.1, -0.05) is 32.5 Å².